The zero-order chi connectivity index (χ0) is 19.5. The molecule has 0 N–H and O–H groups in total. The molecule has 2 fully saturated rings. The molecule has 4 rings (SSSR count). The van der Waals surface area contributed by atoms with E-state index < -0.39 is 0 Å². The average molecular weight is 407 g/mol. The minimum Gasteiger partial charge on any atom is -0.357 e. The minimum atomic E-state index is -0.389. The predicted octanol–water partition coefficient (Wildman–Crippen LogP) is 7.73. The topological polar surface area (TPSA) is 9.23 Å². The van der Waals surface area contributed by atoms with E-state index in [0.29, 0.717) is 18.9 Å². The molecule has 3 aliphatic rings. The maximum absolute atomic E-state index is 14.6. The van der Waals surface area contributed by atoms with Crippen LogP contribution < -0.4 is 0 Å². The van der Waals surface area contributed by atoms with E-state index in [-0.39, 0.29) is 11.4 Å². The van der Waals surface area contributed by atoms with Crippen LogP contribution in [0.1, 0.15) is 100 Å². The maximum Gasteiger partial charge on any atom is 0.135 e. The maximum atomic E-state index is 14.6. The lowest BCUT2D eigenvalue weighted by molar-refractivity contribution is 0.0798. The SMILES string of the molecule is CCCCC1CCC(C2CCC(c3cc(F)c4c(c3)COC(Cl)C4)CC2)CC1. The molecule has 0 aromatic heterocycles. The standard InChI is InChI=1S/C25H36ClFO/c1-2-3-4-17-5-7-18(8-6-17)19-9-11-20(12-10-19)21-13-22-16-28-25(26)15-23(22)24(27)14-21/h13-14,17-20,25H,2-12,15-16H2,1H3. The smallest absolute Gasteiger partial charge is 0.135 e. The van der Waals surface area contributed by atoms with Gasteiger partial charge in [0.15, 0.2) is 0 Å². The number of halogens is 2. The second-order valence-corrected chi connectivity index (χ2v) is 10.1. The summed E-state index contributed by atoms with van der Waals surface area (Å²) >= 11 is 6.04. The molecule has 3 heteroatoms. The summed E-state index contributed by atoms with van der Waals surface area (Å²) in [6.07, 6.45) is 15.6. The molecular weight excluding hydrogens is 371 g/mol. The molecular formula is C25H36ClFO. The van der Waals surface area contributed by atoms with Gasteiger partial charge in [-0.2, -0.15) is 0 Å². The number of unbranched alkanes of at least 4 members (excludes halogenated alkanes) is 1. The van der Waals surface area contributed by atoms with Crippen LogP contribution in [0.5, 0.6) is 0 Å². The number of alkyl halides is 1. The van der Waals surface area contributed by atoms with E-state index in [4.69, 9.17) is 16.3 Å². The molecule has 1 heterocycles. The van der Waals surface area contributed by atoms with Crippen molar-refractivity contribution in [2.75, 3.05) is 0 Å². The predicted molar refractivity (Wildman–Crippen MR) is 114 cm³/mol. The lowest BCUT2D eigenvalue weighted by Gasteiger charge is -2.38. The van der Waals surface area contributed by atoms with Crippen LogP contribution in [0.25, 0.3) is 0 Å². The summed E-state index contributed by atoms with van der Waals surface area (Å²) in [7, 11) is 0. The Balaban J connectivity index is 1.31. The van der Waals surface area contributed by atoms with Gasteiger partial charge in [0.25, 0.3) is 0 Å². The van der Waals surface area contributed by atoms with Crippen molar-refractivity contribution in [3.63, 3.8) is 0 Å². The van der Waals surface area contributed by atoms with Gasteiger partial charge in [0.2, 0.25) is 0 Å². The van der Waals surface area contributed by atoms with Gasteiger partial charge in [-0.05, 0) is 85.0 Å². The molecule has 0 radical (unpaired) electrons. The number of ether oxygens (including phenoxy) is 1. The summed E-state index contributed by atoms with van der Waals surface area (Å²) in [5.74, 6) is 3.31. The molecule has 0 spiro atoms. The molecule has 2 saturated carbocycles. The van der Waals surface area contributed by atoms with Crippen molar-refractivity contribution in [1.29, 1.82) is 0 Å². The summed E-state index contributed by atoms with van der Waals surface area (Å²) in [6, 6.07) is 3.99. The number of rotatable bonds is 5. The first-order chi connectivity index (χ1) is 13.6. The summed E-state index contributed by atoms with van der Waals surface area (Å²) in [5, 5.41) is 0. The van der Waals surface area contributed by atoms with Gasteiger partial charge in [0.1, 0.15) is 11.4 Å². The Kier molecular flexibility index (Phi) is 6.99. The summed E-state index contributed by atoms with van der Waals surface area (Å²) in [5.41, 5.74) is 2.58. The number of benzene rings is 1. The highest BCUT2D eigenvalue weighted by Crippen LogP contribution is 2.45. The van der Waals surface area contributed by atoms with Gasteiger partial charge in [-0.15, -0.1) is 0 Å². The van der Waals surface area contributed by atoms with Crippen LogP contribution in [0, 0.1) is 23.6 Å². The Morgan fingerprint density at radius 1 is 1.00 bits per heavy atom. The van der Waals surface area contributed by atoms with Crippen LogP contribution in [0.3, 0.4) is 0 Å². The van der Waals surface area contributed by atoms with E-state index in [1.165, 1.54) is 76.2 Å². The quantitative estimate of drug-likeness (QED) is 0.454. The molecule has 156 valence electrons. The van der Waals surface area contributed by atoms with Crippen LogP contribution in [0.2, 0.25) is 0 Å². The molecule has 0 saturated heterocycles. The molecule has 1 atom stereocenters. The van der Waals surface area contributed by atoms with Gasteiger partial charge in [-0.3, -0.25) is 0 Å². The van der Waals surface area contributed by atoms with Crippen molar-refractivity contribution in [3.8, 4) is 0 Å². The first-order valence-electron chi connectivity index (χ1n) is 11.7. The number of fused-ring (bicyclic) bond motifs is 1. The van der Waals surface area contributed by atoms with Crippen molar-refractivity contribution < 1.29 is 9.13 Å². The monoisotopic (exact) mass is 406 g/mol. The third-order valence-corrected chi connectivity index (χ3v) is 8.14. The Morgan fingerprint density at radius 2 is 1.68 bits per heavy atom. The molecule has 1 aliphatic heterocycles. The Bertz CT molecular complexity index is 644. The second-order valence-electron chi connectivity index (χ2n) is 9.60. The molecule has 1 aromatic carbocycles. The molecule has 2 aliphatic carbocycles. The van der Waals surface area contributed by atoms with Gasteiger partial charge in [-0.1, -0.05) is 56.7 Å². The van der Waals surface area contributed by atoms with Gasteiger partial charge < -0.3 is 4.74 Å². The van der Waals surface area contributed by atoms with Crippen molar-refractivity contribution in [2.24, 2.45) is 17.8 Å². The van der Waals surface area contributed by atoms with Crippen LogP contribution in [0.15, 0.2) is 12.1 Å². The van der Waals surface area contributed by atoms with E-state index in [1.807, 2.05) is 0 Å². The number of hydrogen-bond donors (Lipinski definition) is 0. The highest BCUT2D eigenvalue weighted by Gasteiger charge is 2.32. The minimum absolute atomic E-state index is 0.0750. The van der Waals surface area contributed by atoms with E-state index in [0.717, 1.165) is 28.9 Å². The second kappa shape index (κ2) is 9.47. The van der Waals surface area contributed by atoms with E-state index in [2.05, 4.69) is 13.0 Å². The van der Waals surface area contributed by atoms with Crippen molar-refractivity contribution in [2.45, 2.75) is 102 Å². The lowest BCUT2D eigenvalue weighted by atomic mass is 9.68. The van der Waals surface area contributed by atoms with E-state index >= 15 is 0 Å². The van der Waals surface area contributed by atoms with Crippen molar-refractivity contribution in [3.05, 3.63) is 34.6 Å². The van der Waals surface area contributed by atoms with Gasteiger partial charge >= 0.3 is 0 Å². The van der Waals surface area contributed by atoms with Gasteiger partial charge in [0.05, 0.1) is 6.61 Å². The zero-order valence-corrected chi connectivity index (χ0v) is 18.2. The first-order valence-corrected chi connectivity index (χ1v) is 12.1. The normalized spacial score (nSPS) is 33.5. The van der Waals surface area contributed by atoms with Crippen LogP contribution in [-0.4, -0.2) is 5.56 Å². The van der Waals surface area contributed by atoms with Gasteiger partial charge in [-0.25, -0.2) is 4.39 Å². The van der Waals surface area contributed by atoms with Crippen LogP contribution >= 0.6 is 11.6 Å². The highest BCUT2D eigenvalue weighted by molar-refractivity contribution is 6.19. The fourth-order valence-electron chi connectivity index (χ4n) is 6.07. The lowest BCUT2D eigenvalue weighted by Crippen LogP contribution is -2.25. The Hall–Kier alpha value is -0.600. The number of hydrogen-bond acceptors (Lipinski definition) is 1. The Labute approximate surface area is 175 Å². The van der Waals surface area contributed by atoms with E-state index in [9.17, 15) is 4.39 Å². The Morgan fingerprint density at radius 3 is 2.36 bits per heavy atom. The van der Waals surface area contributed by atoms with Crippen LogP contribution in [0.4, 0.5) is 4.39 Å². The van der Waals surface area contributed by atoms with Gasteiger partial charge in [0, 0.05) is 6.42 Å². The summed E-state index contributed by atoms with van der Waals surface area (Å²) in [6.45, 7) is 2.75. The fraction of sp³-hybridized carbons (Fsp3) is 0.760. The molecule has 1 nitrogen and oxygen atoms in total. The third kappa shape index (κ3) is 4.75. The van der Waals surface area contributed by atoms with E-state index in [1.54, 1.807) is 6.07 Å². The third-order valence-electron chi connectivity index (χ3n) is 7.86. The molecule has 1 aromatic rings. The highest BCUT2D eigenvalue weighted by atomic mass is 35.5. The summed E-state index contributed by atoms with van der Waals surface area (Å²) in [4.78, 5) is 0. The van der Waals surface area contributed by atoms with Crippen molar-refractivity contribution >= 4 is 11.6 Å². The molecule has 0 amide bonds. The molecule has 0 bridgehead atoms. The van der Waals surface area contributed by atoms with Crippen LogP contribution in [-0.2, 0) is 17.8 Å². The first kappa shape index (κ1) is 20.7. The van der Waals surface area contributed by atoms with Crippen molar-refractivity contribution in [1.82, 2.24) is 0 Å². The largest absolute Gasteiger partial charge is 0.357 e. The summed E-state index contributed by atoms with van der Waals surface area (Å²) < 4.78 is 20.2. The average Bonchev–Trinajstić information content (AvgIpc) is 2.73. The molecule has 28 heavy (non-hydrogen) atoms. The zero-order valence-electron chi connectivity index (χ0n) is 17.4. The fourth-order valence-corrected chi connectivity index (χ4v) is 6.29. The molecule has 1 unspecified atom stereocenters.